The zero-order valence-corrected chi connectivity index (χ0v) is 22.2. The van der Waals surface area contributed by atoms with Crippen LogP contribution in [-0.2, 0) is 6.54 Å². The number of rotatable bonds is 8. The standard InChI is InChI=1S/C28H37FN6O2/c1-15(2)20-12-22(30-13-21(20)29)27-34-25-23(35(27)14-18-10-8-16(3)9-11-18)24(32-26(33-25)28(36)37)31-17(4)19-6-5-7-19/h12-13,15-19H,5-11,14H2,1-4H3,(H,36,37)(H,31,32,33)/t16?,17-,18?/m1/s1. The van der Waals surface area contributed by atoms with E-state index in [2.05, 4.69) is 38.7 Å². The first kappa shape index (κ1) is 25.5. The van der Waals surface area contributed by atoms with Crippen LogP contribution in [0, 0.1) is 23.6 Å². The van der Waals surface area contributed by atoms with Gasteiger partial charge in [-0.25, -0.2) is 29.1 Å². The lowest BCUT2D eigenvalue weighted by molar-refractivity contribution is 0.0684. The van der Waals surface area contributed by atoms with Crippen LogP contribution in [0.25, 0.3) is 22.7 Å². The number of aromatic carboxylic acids is 1. The van der Waals surface area contributed by atoms with E-state index in [0.29, 0.717) is 52.4 Å². The predicted molar refractivity (Wildman–Crippen MR) is 141 cm³/mol. The minimum Gasteiger partial charge on any atom is -0.475 e. The number of hydrogen-bond donors (Lipinski definition) is 2. The van der Waals surface area contributed by atoms with Crippen LogP contribution in [0.1, 0.15) is 94.7 Å². The molecule has 0 amide bonds. The summed E-state index contributed by atoms with van der Waals surface area (Å²) in [4.78, 5) is 29.9. The van der Waals surface area contributed by atoms with Crippen molar-refractivity contribution in [1.82, 2.24) is 24.5 Å². The van der Waals surface area contributed by atoms with Gasteiger partial charge in [0.1, 0.15) is 17.0 Å². The van der Waals surface area contributed by atoms with E-state index in [-0.39, 0.29) is 23.6 Å². The maximum absolute atomic E-state index is 14.5. The lowest BCUT2D eigenvalue weighted by Gasteiger charge is -2.32. The zero-order chi connectivity index (χ0) is 26.3. The Morgan fingerprint density at radius 2 is 1.86 bits per heavy atom. The SMILES string of the molecule is CC1CCC(Cn2c(-c3cc(C(C)C)c(F)cn3)nc3nc(C(=O)O)nc(N[C@H](C)C4CCC4)c32)CC1. The molecule has 37 heavy (non-hydrogen) atoms. The van der Waals surface area contributed by atoms with Crippen molar-refractivity contribution in [2.45, 2.75) is 91.1 Å². The maximum Gasteiger partial charge on any atom is 0.374 e. The van der Waals surface area contributed by atoms with Crippen LogP contribution in [0.4, 0.5) is 10.2 Å². The van der Waals surface area contributed by atoms with Gasteiger partial charge in [0, 0.05) is 12.6 Å². The number of nitrogens with one attached hydrogen (secondary N) is 1. The summed E-state index contributed by atoms with van der Waals surface area (Å²) in [5.74, 6) is 0.946. The fourth-order valence-corrected chi connectivity index (χ4v) is 5.67. The van der Waals surface area contributed by atoms with Crippen LogP contribution < -0.4 is 5.32 Å². The average Bonchev–Trinajstić information content (AvgIpc) is 3.18. The van der Waals surface area contributed by atoms with E-state index < -0.39 is 5.97 Å². The van der Waals surface area contributed by atoms with Gasteiger partial charge in [-0.2, -0.15) is 0 Å². The highest BCUT2D eigenvalue weighted by Gasteiger charge is 2.29. The minimum absolute atomic E-state index is 0.0154. The van der Waals surface area contributed by atoms with Crippen LogP contribution in [0.5, 0.6) is 0 Å². The molecule has 0 aliphatic heterocycles. The highest BCUT2D eigenvalue weighted by Crippen LogP contribution is 2.36. The molecule has 2 fully saturated rings. The molecule has 0 unspecified atom stereocenters. The van der Waals surface area contributed by atoms with E-state index in [1.54, 1.807) is 6.07 Å². The molecule has 2 saturated carbocycles. The van der Waals surface area contributed by atoms with Crippen molar-refractivity contribution in [1.29, 1.82) is 0 Å². The van der Waals surface area contributed by atoms with E-state index in [9.17, 15) is 14.3 Å². The normalized spacial score (nSPS) is 21.2. The van der Waals surface area contributed by atoms with Crippen molar-refractivity contribution < 1.29 is 14.3 Å². The lowest BCUT2D eigenvalue weighted by atomic mass is 9.80. The number of anilines is 1. The second kappa shape index (κ2) is 10.3. The molecule has 1 atom stereocenters. The molecule has 0 aromatic carbocycles. The van der Waals surface area contributed by atoms with Crippen molar-refractivity contribution in [2.24, 2.45) is 17.8 Å². The number of fused-ring (bicyclic) bond motifs is 1. The summed E-state index contributed by atoms with van der Waals surface area (Å²) in [7, 11) is 0. The van der Waals surface area contributed by atoms with E-state index in [1.165, 1.54) is 25.5 Å². The van der Waals surface area contributed by atoms with Gasteiger partial charge in [0.25, 0.3) is 0 Å². The molecule has 0 spiro atoms. The Morgan fingerprint density at radius 1 is 1.14 bits per heavy atom. The van der Waals surface area contributed by atoms with Crippen molar-refractivity contribution in [3.63, 3.8) is 0 Å². The minimum atomic E-state index is -1.19. The quantitative estimate of drug-likeness (QED) is 0.369. The number of carbonyl (C=O) groups is 1. The van der Waals surface area contributed by atoms with E-state index in [0.717, 1.165) is 31.6 Å². The number of imidazole rings is 1. The molecule has 3 aromatic rings. The van der Waals surface area contributed by atoms with Gasteiger partial charge >= 0.3 is 5.97 Å². The molecular formula is C28H37FN6O2. The third-order valence-corrected chi connectivity index (χ3v) is 8.33. The van der Waals surface area contributed by atoms with Gasteiger partial charge in [-0.1, -0.05) is 40.0 Å². The first-order valence-electron chi connectivity index (χ1n) is 13.6. The summed E-state index contributed by atoms with van der Waals surface area (Å²) in [6, 6.07) is 1.91. The third kappa shape index (κ3) is 5.18. The fourth-order valence-electron chi connectivity index (χ4n) is 5.67. The van der Waals surface area contributed by atoms with Crippen LogP contribution in [0.2, 0.25) is 0 Å². The number of nitrogens with zero attached hydrogens (tertiary/aromatic N) is 5. The Labute approximate surface area is 217 Å². The summed E-state index contributed by atoms with van der Waals surface area (Å²) < 4.78 is 16.6. The van der Waals surface area contributed by atoms with Crippen LogP contribution >= 0.6 is 0 Å². The average molecular weight is 509 g/mol. The Kier molecular flexibility index (Phi) is 7.14. The Hall–Kier alpha value is -3.10. The molecule has 3 aromatic heterocycles. The second-order valence-corrected chi connectivity index (χ2v) is 11.4. The van der Waals surface area contributed by atoms with Gasteiger partial charge in [-0.15, -0.1) is 0 Å². The summed E-state index contributed by atoms with van der Waals surface area (Å²) in [6.07, 6.45) is 9.36. The Balaban J connectivity index is 1.67. The number of carboxylic acid groups (broad SMARTS) is 1. The van der Waals surface area contributed by atoms with E-state index in [1.807, 2.05) is 13.8 Å². The summed E-state index contributed by atoms with van der Waals surface area (Å²) in [6.45, 7) is 9.02. The summed E-state index contributed by atoms with van der Waals surface area (Å²) in [5, 5.41) is 13.2. The van der Waals surface area contributed by atoms with Crippen molar-refractivity contribution in [3.05, 3.63) is 29.5 Å². The molecule has 2 aliphatic rings. The van der Waals surface area contributed by atoms with Gasteiger partial charge in [0.15, 0.2) is 17.3 Å². The van der Waals surface area contributed by atoms with Crippen LogP contribution in [0.3, 0.4) is 0 Å². The lowest BCUT2D eigenvalue weighted by Crippen LogP contribution is -2.31. The molecule has 0 bridgehead atoms. The molecule has 2 aliphatic carbocycles. The van der Waals surface area contributed by atoms with Crippen molar-refractivity contribution >= 4 is 23.0 Å². The summed E-state index contributed by atoms with van der Waals surface area (Å²) in [5.41, 5.74) is 2.15. The second-order valence-electron chi connectivity index (χ2n) is 11.4. The molecule has 198 valence electrons. The van der Waals surface area contributed by atoms with Crippen LogP contribution in [0.15, 0.2) is 12.3 Å². The molecule has 2 N–H and O–H groups in total. The van der Waals surface area contributed by atoms with Crippen molar-refractivity contribution in [2.75, 3.05) is 5.32 Å². The third-order valence-electron chi connectivity index (χ3n) is 8.33. The van der Waals surface area contributed by atoms with Crippen molar-refractivity contribution in [3.8, 4) is 11.5 Å². The number of carboxylic acids is 1. The van der Waals surface area contributed by atoms with Gasteiger partial charge in [0.2, 0.25) is 5.82 Å². The van der Waals surface area contributed by atoms with Gasteiger partial charge in [0.05, 0.1) is 6.20 Å². The Bertz CT molecular complexity index is 1290. The largest absolute Gasteiger partial charge is 0.475 e. The first-order chi connectivity index (χ1) is 17.7. The number of aromatic nitrogens is 5. The monoisotopic (exact) mass is 508 g/mol. The number of halogens is 1. The van der Waals surface area contributed by atoms with E-state index in [4.69, 9.17) is 4.98 Å². The number of hydrogen-bond acceptors (Lipinski definition) is 6. The van der Waals surface area contributed by atoms with Gasteiger partial charge in [-0.05, 0) is 67.9 Å². The fraction of sp³-hybridized carbons (Fsp3) is 0.607. The molecule has 5 rings (SSSR count). The van der Waals surface area contributed by atoms with E-state index >= 15 is 0 Å². The van der Waals surface area contributed by atoms with Gasteiger partial charge in [-0.3, -0.25) is 0 Å². The maximum atomic E-state index is 14.5. The summed E-state index contributed by atoms with van der Waals surface area (Å²) >= 11 is 0. The van der Waals surface area contributed by atoms with Crippen LogP contribution in [-0.4, -0.2) is 41.6 Å². The Morgan fingerprint density at radius 3 is 2.49 bits per heavy atom. The highest BCUT2D eigenvalue weighted by molar-refractivity contribution is 5.92. The molecular weight excluding hydrogens is 471 g/mol. The first-order valence-corrected chi connectivity index (χ1v) is 13.6. The molecule has 0 radical (unpaired) electrons. The zero-order valence-electron chi connectivity index (χ0n) is 22.2. The molecule has 8 nitrogen and oxygen atoms in total. The molecule has 3 heterocycles. The predicted octanol–water partition coefficient (Wildman–Crippen LogP) is 6.28. The highest BCUT2D eigenvalue weighted by atomic mass is 19.1. The smallest absolute Gasteiger partial charge is 0.374 e. The number of pyridine rings is 1. The molecule has 0 saturated heterocycles. The van der Waals surface area contributed by atoms with Gasteiger partial charge < -0.3 is 15.0 Å². The molecule has 9 heteroatoms. The topological polar surface area (TPSA) is 106 Å².